The van der Waals surface area contributed by atoms with Crippen molar-refractivity contribution in [2.75, 3.05) is 0 Å². The number of allylic oxidation sites excluding steroid dienone is 2. The van der Waals surface area contributed by atoms with Gasteiger partial charge >= 0.3 is 0 Å². The molecule has 3 aromatic heterocycles. The van der Waals surface area contributed by atoms with Crippen molar-refractivity contribution in [2.45, 2.75) is 13.8 Å². The van der Waals surface area contributed by atoms with Crippen LogP contribution in [0.4, 0.5) is 0 Å². The van der Waals surface area contributed by atoms with Crippen LogP contribution in [-0.2, 0) is 0 Å². The van der Waals surface area contributed by atoms with Gasteiger partial charge in [0.2, 0.25) is 0 Å². The minimum atomic E-state index is 0.0681. The smallest absolute Gasteiger partial charge is 0.195 e. The van der Waals surface area contributed by atoms with Crippen molar-refractivity contribution in [2.24, 2.45) is 0 Å². The zero-order valence-corrected chi connectivity index (χ0v) is 24.7. The van der Waals surface area contributed by atoms with Gasteiger partial charge < -0.3 is 9.13 Å². The first-order valence-electron chi connectivity index (χ1n) is 14.6. The number of hydrogen-bond donors (Lipinski definition) is 0. The maximum absolute atomic E-state index is 14.0. The molecule has 0 spiro atoms. The maximum atomic E-state index is 14.0. The van der Waals surface area contributed by atoms with Crippen LogP contribution in [-0.4, -0.2) is 9.13 Å². The number of para-hydroxylation sites is 3. The number of fused-ring (bicyclic) bond motifs is 6. The van der Waals surface area contributed by atoms with Gasteiger partial charge in [-0.15, -0.1) is 11.3 Å². The summed E-state index contributed by atoms with van der Waals surface area (Å²) in [6.07, 6.45) is 8.51. The Kier molecular flexibility index (Phi) is 5.92. The van der Waals surface area contributed by atoms with Gasteiger partial charge in [-0.3, -0.25) is 4.79 Å². The van der Waals surface area contributed by atoms with Crippen LogP contribution in [0.3, 0.4) is 0 Å². The molecule has 0 atom stereocenters. The minimum absolute atomic E-state index is 0.0681. The van der Waals surface area contributed by atoms with E-state index >= 15 is 0 Å². The van der Waals surface area contributed by atoms with Crippen LogP contribution < -0.4 is 5.43 Å². The highest BCUT2D eigenvalue weighted by molar-refractivity contribution is 7.24. The standard InChI is InChI=1S/C39H28N2OS/c1-3-11-27-28-13-5-8-16-34(28)41(33(27)12-4-2)26-19-21-31-38(24-26)43-37-22-20-25(23-32(37)39(31)42)40-35-17-9-6-14-29(35)30-15-7-10-18-36(30)40/h3-24H,1-2H3/b11-3-,12-4-. The van der Waals surface area contributed by atoms with Gasteiger partial charge in [-0.05, 0) is 74.5 Å². The highest BCUT2D eigenvalue weighted by atomic mass is 32.1. The van der Waals surface area contributed by atoms with E-state index in [1.54, 1.807) is 11.3 Å². The summed E-state index contributed by atoms with van der Waals surface area (Å²) in [5.74, 6) is 0. The molecule has 0 fully saturated rings. The molecule has 0 aliphatic heterocycles. The highest BCUT2D eigenvalue weighted by Gasteiger charge is 2.17. The molecule has 4 heteroatoms. The lowest BCUT2D eigenvalue weighted by Gasteiger charge is -2.12. The third-order valence-electron chi connectivity index (χ3n) is 8.34. The van der Waals surface area contributed by atoms with Gasteiger partial charge in [0, 0.05) is 53.3 Å². The first-order chi connectivity index (χ1) is 21.2. The van der Waals surface area contributed by atoms with E-state index in [2.05, 4.69) is 143 Å². The molecular weight excluding hydrogens is 545 g/mol. The second kappa shape index (κ2) is 9.97. The minimum Gasteiger partial charge on any atom is -0.309 e. The molecule has 8 aromatic rings. The Morgan fingerprint density at radius 3 is 1.79 bits per heavy atom. The van der Waals surface area contributed by atoms with Gasteiger partial charge in [0.25, 0.3) is 0 Å². The predicted octanol–water partition coefficient (Wildman–Crippen LogP) is 10.5. The second-order valence-corrected chi connectivity index (χ2v) is 11.9. The third kappa shape index (κ3) is 3.84. The maximum Gasteiger partial charge on any atom is 0.195 e. The van der Waals surface area contributed by atoms with Gasteiger partial charge in [-0.25, -0.2) is 0 Å². The van der Waals surface area contributed by atoms with Crippen LogP contribution in [0.2, 0.25) is 0 Å². The topological polar surface area (TPSA) is 26.9 Å². The second-order valence-electron chi connectivity index (χ2n) is 10.8. The van der Waals surface area contributed by atoms with E-state index in [0.717, 1.165) is 53.8 Å². The molecular formula is C39H28N2OS. The molecule has 0 unspecified atom stereocenters. The van der Waals surface area contributed by atoms with E-state index in [1.165, 1.54) is 21.7 Å². The van der Waals surface area contributed by atoms with Crippen molar-refractivity contribution >= 4 is 76.4 Å². The van der Waals surface area contributed by atoms with Crippen molar-refractivity contribution in [1.29, 1.82) is 0 Å². The summed E-state index contributed by atoms with van der Waals surface area (Å²) in [6.45, 7) is 4.10. The van der Waals surface area contributed by atoms with E-state index in [1.807, 2.05) is 13.0 Å². The van der Waals surface area contributed by atoms with Gasteiger partial charge in [-0.2, -0.15) is 0 Å². The van der Waals surface area contributed by atoms with Crippen molar-refractivity contribution in [3.8, 4) is 11.4 Å². The summed E-state index contributed by atoms with van der Waals surface area (Å²) in [7, 11) is 0. The lowest BCUT2D eigenvalue weighted by molar-refractivity contribution is 1.11. The lowest BCUT2D eigenvalue weighted by atomic mass is 10.1. The first kappa shape index (κ1) is 25.5. The average Bonchev–Trinajstić information content (AvgIpc) is 3.54. The van der Waals surface area contributed by atoms with Crippen LogP contribution >= 0.6 is 11.3 Å². The van der Waals surface area contributed by atoms with E-state index in [9.17, 15) is 4.79 Å². The van der Waals surface area contributed by atoms with Gasteiger partial charge in [-0.1, -0.05) is 72.8 Å². The summed E-state index contributed by atoms with van der Waals surface area (Å²) in [5, 5.41) is 5.13. The lowest BCUT2D eigenvalue weighted by Crippen LogP contribution is -2.04. The van der Waals surface area contributed by atoms with E-state index in [4.69, 9.17) is 0 Å². The quantitative estimate of drug-likeness (QED) is 0.193. The molecule has 206 valence electrons. The molecule has 0 aliphatic carbocycles. The molecule has 0 amide bonds. The van der Waals surface area contributed by atoms with Crippen LogP contribution in [0.1, 0.15) is 25.1 Å². The summed E-state index contributed by atoms with van der Waals surface area (Å²) in [4.78, 5) is 14.0. The fourth-order valence-corrected chi connectivity index (χ4v) is 7.62. The number of hydrogen-bond acceptors (Lipinski definition) is 2. The van der Waals surface area contributed by atoms with Crippen molar-refractivity contribution < 1.29 is 0 Å². The Bertz CT molecular complexity index is 2450. The molecule has 3 nitrogen and oxygen atoms in total. The van der Waals surface area contributed by atoms with E-state index < -0.39 is 0 Å². The predicted molar refractivity (Wildman–Crippen MR) is 186 cm³/mol. The molecule has 0 N–H and O–H groups in total. The Hall–Kier alpha value is -5.19. The Morgan fingerprint density at radius 2 is 1.12 bits per heavy atom. The number of benzene rings is 5. The van der Waals surface area contributed by atoms with E-state index in [-0.39, 0.29) is 5.43 Å². The summed E-state index contributed by atoms with van der Waals surface area (Å²) in [6, 6.07) is 38.0. The Morgan fingerprint density at radius 1 is 0.535 bits per heavy atom. The normalized spacial score (nSPS) is 12.3. The highest BCUT2D eigenvalue weighted by Crippen LogP contribution is 2.36. The van der Waals surface area contributed by atoms with Crippen LogP contribution in [0.15, 0.2) is 126 Å². The van der Waals surface area contributed by atoms with Crippen molar-refractivity contribution in [1.82, 2.24) is 9.13 Å². The SMILES string of the molecule is C/C=C\c1c(/C=C\C)n(-c2ccc3c(=O)c4cc(-n5c6ccccc6c6ccccc65)ccc4sc3c2)c2ccccc12. The molecule has 0 aliphatic rings. The van der Waals surface area contributed by atoms with Crippen molar-refractivity contribution in [3.63, 3.8) is 0 Å². The molecule has 3 heterocycles. The van der Waals surface area contributed by atoms with Crippen LogP contribution in [0.5, 0.6) is 0 Å². The molecule has 0 saturated heterocycles. The van der Waals surface area contributed by atoms with Gasteiger partial charge in [0.15, 0.2) is 5.43 Å². The van der Waals surface area contributed by atoms with Crippen LogP contribution in [0, 0.1) is 0 Å². The van der Waals surface area contributed by atoms with Crippen LogP contribution in [0.25, 0.3) is 76.4 Å². The van der Waals surface area contributed by atoms with Gasteiger partial charge in [0.1, 0.15) is 0 Å². The monoisotopic (exact) mass is 572 g/mol. The summed E-state index contributed by atoms with van der Waals surface area (Å²) < 4.78 is 6.54. The fraction of sp³-hybridized carbons (Fsp3) is 0.0513. The summed E-state index contributed by atoms with van der Waals surface area (Å²) in [5.41, 5.74) is 7.85. The molecule has 8 rings (SSSR count). The molecule has 0 bridgehead atoms. The first-order valence-corrected chi connectivity index (χ1v) is 15.4. The van der Waals surface area contributed by atoms with Gasteiger partial charge in [0.05, 0.1) is 22.2 Å². The zero-order valence-electron chi connectivity index (χ0n) is 23.9. The fourth-order valence-electron chi connectivity index (χ4n) is 6.54. The molecule has 0 radical (unpaired) electrons. The largest absolute Gasteiger partial charge is 0.309 e. The summed E-state index contributed by atoms with van der Waals surface area (Å²) >= 11 is 1.67. The Labute approximate surface area is 252 Å². The van der Waals surface area contributed by atoms with Crippen molar-refractivity contribution in [3.05, 3.63) is 143 Å². The van der Waals surface area contributed by atoms with E-state index in [0.29, 0.717) is 0 Å². The Balaban J connectivity index is 1.34. The molecule has 43 heavy (non-hydrogen) atoms. The average molecular weight is 573 g/mol. The number of aromatic nitrogens is 2. The molecule has 5 aromatic carbocycles. The zero-order chi connectivity index (χ0) is 29.1. The number of rotatable bonds is 4. The molecule has 0 saturated carbocycles. The third-order valence-corrected chi connectivity index (χ3v) is 9.48. The number of nitrogens with zero attached hydrogens (tertiary/aromatic N) is 2.